The number of nitrogens with one attached hydrogen (secondary N) is 1. The Kier molecular flexibility index (Phi) is 3.74. The van der Waals surface area contributed by atoms with E-state index in [1.807, 2.05) is 30.3 Å². The first-order valence-electron chi connectivity index (χ1n) is 5.18. The number of hydrogen-bond acceptors (Lipinski definition) is 2. The van der Waals surface area contributed by atoms with Crippen LogP contribution in [-0.2, 0) is 0 Å². The van der Waals surface area contributed by atoms with Crippen molar-refractivity contribution < 1.29 is 4.39 Å². The quantitative estimate of drug-likeness (QED) is 0.649. The Morgan fingerprint density at radius 2 is 1.82 bits per heavy atom. The first-order valence-corrected chi connectivity index (χ1v) is 5.56. The van der Waals surface area contributed by atoms with Gasteiger partial charge >= 0.3 is 0 Å². The van der Waals surface area contributed by atoms with Crippen LogP contribution in [-0.4, -0.2) is 0 Å². The number of nitrogens with two attached hydrogens (primary N) is 1. The molecule has 0 aromatic heterocycles. The lowest BCUT2D eigenvalue weighted by Gasteiger charge is -2.18. The van der Waals surface area contributed by atoms with Crippen LogP contribution >= 0.6 is 11.6 Å². The average Bonchev–Trinajstić information content (AvgIpc) is 2.34. The van der Waals surface area contributed by atoms with E-state index in [4.69, 9.17) is 17.4 Å². The van der Waals surface area contributed by atoms with Crippen molar-refractivity contribution in [3.63, 3.8) is 0 Å². The zero-order valence-corrected chi connectivity index (χ0v) is 9.79. The van der Waals surface area contributed by atoms with Crippen molar-refractivity contribution in [2.45, 2.75) is 6.04 Å². The van der Waals surface area contributed by atoms with Crippen molar-refractivity contribution in [2.24, 2.45) is 5.84 Å². The molecule has 2 aromatic rings. The van der Waals surface area contributed by atoms with Gasteiger partial charge in [-0.25, -0.2) is 9.82 Å². The maximum atomic E-state index is 13.0. The van der Waals surface area contributed by atoms with E-state index in [1.54, 1.807) is 6.07 Å². The normalized spacial score (nSPS) is 12.4. The fourth-order valence-corrected chi connectivity index (χ4v) is 2.02. The second-order valence-corrected chi connectivity index (χ2v) is 4.08. The maximum Gasteiger partial charge on any atom is 0.124 e. The van der Waals surface area contributed by atoms with Gasteiger partial charge in [-0.05, 0) is 23.3 Å². The van der Waals surface area contributed by atoms with Gasteiger partial charge in [0.2, 0.25) is 0 Å². The van der Waals surface area contributed by atoms with Crippen LogP contribution in [0.2, 0.25) is 5.02 Å². The molecule has 0 saturated carbocycles. The van der Waals surface area contributed by atoms with E-state index in [0.29, 0.717) is 5.02 Å². The van der Waals surface area contributed by atoms with Gasteiger partial charge in [-0.1, -0.05) is 48.0 Å². The summed E-state index contributed by atoms with van der Waals surface area (Å²) in [7, 11) is 0. The predicted molar refractivity (Wildman–Crippen MR) is 67.0 cm³/mol. The van der Waals surface area contributed by atoms with Crippen molar-refractivity contribution in [1.29, 1.82) is 0 Å². The van der Waals surface area contributed by atoms with Gasteiger partial charge in [-0.2, -0.15) is 0 Å². The lowest BCUT2D eigenvalue weighted by Crippen LogP contribution is -2.29. The molecule has 0 saturated heterocycles. The summed E-state index contributed by atoms with van der Waals surface area (Å²) in [6.45, 7) is 0. The molecule has 0 spiro atoms. The molecule has 2 aromatic carbocycles. The van der Waals surface area contributed by atoms with Gasteiger partial charge in [0.15, 0.2) is 0 Å². The molecular weight excluding hydrogens is 239 g/mol. The lowest BCUT2D eigenvalue weighted by molar-refractivity contribution is 0.616. The van der Waals surface area contributed by atoms with E-state index < -0.39 is 0 Å². The summed E-state index contributed by atoms with van der Waals surface area (Å²) in [5.74, 6) is 5.18. The third kappa shape index (κ3) is 2.64. The number of halogens is 2. The molecule has 1 atom stereocenters. The average molecular weight is 251 g/mol. The summed E-state index contributed by atoms with van der Waals surface area (Å²) in [6, 6.07) is 13.7. The number of rotatable bonds is 3. The van der Waals surface area contributed by atoms with Gasteiger partial charge in [0.05, 0.1) is 6.04 Å². The Bertz CT molecular complexity index is 502. The van der Waals surface area contributed by atoms with Crippen molar-refractivity contribution >= 4 is 11.6 Å². The highest BCUT2D eigenvalue weighted by Gasteiger charge is 2.15. The lowest BCUT2D eigenvalue weighted by atomic mass is 9.99. The van der Waals surface area contributed by atoms with Crippen LogP contribution in [0.5, 0.6) is 0 Å². The van der Waals surface area contributed by atoms with Crippen LogP contribution in [0, 0.1) is 5.82 Å². The van der Waals surface area contributed by atoms with Crippen LogP contribution in [0.3, 0.4) is 0 Å². The van der Waals surface area contributed by atoms with Gasteiger partial charge in [-0.15, -0.1) is 0 Å². The summed E-state index contributed by atoms with van der Waals surface area (Å²) in [5, 5.41) is 0.358. The number of hydrogen-bond donors (Lipinski definition) is 2. The summed E-state index contributed by atoms with van der Waals surface area (Å²) in [6.07, 6.45) is 0. The highest BCUT2D eigenvalue weighted by molar-refractivity contribution is 6.31. The second-order valence-electron chi connectivity index (χ2n) is 3.68. The molecule has 2 rings (SSSR count). The second kappa shape index (κ2) is 5.27. The molecule has 17 heavy (non-hydrogen) atoms. The van der Waals surface area contributed by atoms with E-state index in [2.05, 4.69) is 5.43 Å². The molecule has 0 bridgehead atoms. The minimum atomic E-state index is -0.359. The van der Waals surface area contributed by atoms with Crippen LogP contribution < -0.4 is 11.3 Å². The zero-order valence-electron chi connectivity index (χ0n) is 9.03. The molecule has 0 fully saturated rings. The van der Waals surface area contributed by atoms with Gasteiger partial charge < -0.3 is 0 Å². The highest BCUT2D eigenvalue weighted by atomic mass is 35.5. The predicted octanol–water partition coefficient (Wildman–Crippen LogP) is 3.03. The van der Waals surface area contributed by atoms with Crippen LogP contribution in [0.4, 0.5) is 4.39 Å². The summed E-state index contributed by atoms with van der Waals surface area (Å²) < 4.78 is 13.0. The van der Waals surface area contributed by atoms with Gasteiger partial charge in [0.25, 0.3) is 0 Å². The fraction of sp³-hybridized carbons (Fsp3) is 0.0769. The largest absolute Gasteiger partial charge is 0.271 e. The molecular formula is C13H12ClFN2. The van der Waals surface area contributed by atoms with Crippen LogP contribution in [0.15, 0.2) is 48.5 Å². The third-order valence-electron chi connectivity index (χ3n) is 2.57. The van der Waals surface area contributed by atoms with Gasteiger partial charge in [-0.3, -0.25) is 5.84 Å². The first-order chi connectivity index (χ1) is 8.22. The number of benzene rings is 2. The third-order valence-corrected chi connectivity index (χ3v) is 2.90. The van der Waals surface area contributed by atoms with E-state index in [1.165, 1.54) is 12.1 Å². The molecule has 1 unspecified atom stereocenters. The molecule has 0 amide bonds. The molecule has 2 nitrogen and oxygen atoms in total. The standard InChI is InChI=1S/C13H12ClFN2/c14-12-8-10(15)6-7-11(12)13(17-16)9-4-2-1-3-5-9/h1-8,13,17H,16H2. The summed E-state index contributed by atoms with van der Waals surface area (Å²) in [4.78, 5) is 0. The Balaban J connectivity index is 2.42. The van der Waals surface area contributed by atoms with E-state index >= 15 is 0 Å². The van der Waals surface area contributed by atoms with E-state index in [0.717, 1.165) is 11.1 Å². The first kappa shape index (κ1) is 12.0. The topological polar surface area (TPSA) is 38.0 Å². The van der Waals surface area contributed by atoms with Crippen LogP contribution in [0.1, 0.15) is 17.2 Å². The van der Waals surface area contributed by atoms with E-state index in [9.17, 15) is 4.39 Å². The Labute approximate surface area is 104 Å². The molecule has 3 N–H and O–H groups in total. The van der Waals surface area contributed by atoms with Gasteiger partial charge in [0, 0.05) is 5.02 Å². The highest BCUT2D eigenvalue weighted by Crippen LogP contribution is 2.28. The SMILES string of the molecule is NNC(c1ccccc1)c1ccc(F)cc1Cl. The molecule has 4 heteroatoms. The number of hydrazine groups is 1. The van der Waals surface area contributed by atoms with Gasteiger partial charge in [0.1, 0.15) is 5.82 Å². The van der Waals surface area contributed by atoms with E-state index in [-0.39, 0.29) is 11.9 Å². The zero-order chi connectivity index (χ0) is 12.3. The Hall–Kier alpha value is -1.42. The molecule has 0 heterocycles. The van der Waals surface area contributed by atoms with Crippen LogP contribution in [0.25, 0.3) is 0 Å². The maximum absolute atomic E-state index is 13.0. The Morgan fingerprint density at radius 1 is 1.12 bits per heavy atom. The van der Waals surface area contributed by atoms with Crippen molar-refractivity contribution in [3.8, 4) is 0 Å². The Morgan fingerprint density at radius 3 is 2.41 bits per heavy atom. The van der Waals surface area contributed by atoms with Crippen molar-refractivity contribution in [3.05, 3.63) is 70.5 Å². The summed E-state index contributed by atoms with van der Waals surface area (Å²) >= 11 is 6.02. The minimum Gasteiger partial charge on any atom is -0.271 e. The molecule has 0 radical (unpaired) electrons. The minimum absolute atomic E-state index is 0.246. The monoisotopic (exact) mass is 250 g/mol. The molecule has 0 aliphatic rings. The summed E-state index contributed by atoms with van der Waals surface area (Å²) in [5.41, 5.74) is 4.42. The molecule has 88 valence electrons. The van der Waals surface area contributed by atoms with Crippen molar-refractivity contribution in [2.75, 3.05) is 0 Å². The van der Waals surface area contributed by atoms with Crippen molar-refractivity contribution in [1.82, 2.24) is 5.43 Å². The smallest absolute Gasteiger partial charge is 0.124 e. The fourth-order valence-electron chi connectivity index (χ4n) is 1.75. The molecule has 0 aliphatic heterocycles. The molecule has 0 aliphatic carbocycles.